The average Bonchev–Trinajstić information content (AvgIpc) is 2.87. The molecule has 0 saturated carbocycles. The van der Waals surface area contributed by atoms with Crippen LogP contribution in [0.2, 0.25) is 0 Å². The van der Waals surface area contributed by atoms with Gasteiger partial charge in [-0.1, -0.05) is 26.0 Å². The van der Waals surface area contributed by atoms with Crippen LogP contribution in [0.4, 0.5) is 0 Å². The molecule has 0 atom stereocenters. The Bertz CT molecular complexity index is 796. The number of fused-ring (bicyclic) bond motifs is 1. The fraction of sp³-hybridized carbons (Fsp3) is 0.476. The van der Waals surface area contributed by atoms with Crippen LogP contribution in [0.3, 0.4) is 0 Å². The van der Waals surface area contributed by atoms with Crippen LogP contribution in [0.15, 0.2) is 30.9 Å². The first kappa shape index (κ1) is 17.7. The SMILES string of the molecule is C=CCn1c(C(=O)N2CCC(O)CC2)c(C)c2cc(C(C)C)ccc21. The summed E-state index contributed by atoms with van der Waals surface area (Å²) in [4.78, 5) is 15.1. The number of amides is 1. The van der Waals surface area contributed by atoms with Crippen molar-refractivity contribution >= 4 is 16.8 Å². The topological polar surface area (TPSA) is 45.5 Å². The lowest BCUT2D eigenvalue weighted by atomic mass is 10.0. The highest BCUT2D eigenvalue weighted by Gasteiger charge is 2.27. The second-order valence-corrected chi connectivity index (χ2v) is 7.33. The van der Waals surface area contributed by atoms with Gasteiger partial charge in [-0.15, -0.1) is 6.58 Å². The number of likely N-dealkylation sites (tertiary alicyclic amines) is 1. The first-order valence-corrected chi connectivity index (χ1v) is 9.15. The molecular formula is C21H28N2O2. The zero-order valence-electron chi connectivity index (χ0n) is 15.5. The number of nitrogens with zero attached hydrogens (tertiary/aromatic N) is 2. The number of carbonyl (C=O) groups excluding carboxylic acids is 1. The molecule has 1 aromatic carbocycles. The summed E-state index contributed by atoms with van der Waals surface area (Å²) in [6.07, 6.45) is 2.87. The highest BCUT2D eigenvalue weighted by atomic mass is 16.3. The van der Waals surface area contributed by atoms with Crippen LogP contribution >= 0.6 is 0 Å². The Kier molecular flexibility index (Phi) is 5.00. The van der Waals surface area contributed by atoms with Crippen molar-refractivity contribution in [2.45, 2.75) is 52.2 Å². The van der Waals surface area contributed by atoms with E-state index in [0.717, 1.165) is 22.2 Å². The van der Waals surface area contributed by atoms with Gasteiger partial charge in [0.2, 0.25) is 0 Å². The van der Waals surface area contributed by atoms with Crippen molar-refractivity contribution in [1.29, 1.82) is 0 Å². The van der Waals surface area contributed by atoms with Crippen molar-refractivity contribution in [3.8, 4) is 0 Å². The molecule has 25 heavy (non-hydrogen) atoms. The Balaban J connectivity index is 2.09. The number of aliphatic hydroxyl groups excluding tert-OH is 1. The van der Waals surface area contributed by atoms with Gasteiger partial charge in [0, 0.05) is 30.5 Å². The summed E-state index contributed by atoms with van der Waals surface area (Å²) in [5.41, 5.74) is 4.16. The summed E-state index contributed by atoms with van der Waals surface area (Å²) in [5, 5.41) is 10.9. The molecule has 4 nitrogen and oxygen atoms in total. The van der Waals surface area contributed by atoms with Crippen LogP contribution in [-0.4, -0.2) is 39.7 Å². The van der Waals surface area contributed by atoms with Crippen LogP contribution in [0.5, 0.6) is 0 Å². The second-order valence-electron chi connectivity index (χ2n) is 7.33. The quantitative estimate of drug-likeness (QED) is 0.859. The molecule has 0 radical (unpaired) electrons. The molecule has 1 aliphatic rings. The van der Waals surface area contributed by atoms with E-state index in [9.17, 15) is 9.90 Å². The van der Waals surface area contributed by atoms with Crippen molar-refractivity contribution < 1.29 is 9.90 Å². The maximum absolute atomic E-state index is 13.2. The van der Waals surface area contributed by atoms with Crippen molar-refractivity contribution in [3.63, 3.8) is 0 Å². The Morgan fingerprint density at radius 1 is 1.36 bits per heavy atom. The lowest BCUT2D eigenvalue weighted by Gasteiger charge is -2.30. The lowest BCUT2D eigenvalue weighted by Crippen LogP contribution is -2.41. The molecule has 0 bridgehead atoms. The minimum atomic E-state index is -0.280. The molecule has 0 unspecified atom stereocenters. The largest absolute Gasteiger partial charge is 0.393 e. The summed E-state index contributed by atoms with van der Waals surface area (Å²) in [7, 11) is 0. The highest BCUT2D eigenvalue weighted by molar-refractivity contribution is 6.02. The van der Waals surface area contributed by atoms with E-state index < -0.39 is 0 Å². The Morgan fingerprint density at radius 2 is 2.04 bits per heavy atom. The standard InChI is InChI=1S/C21H28N2O2/c1-5-10-23-19-7-6-16(14(2)3)13-18(19)15(4)20(23)21(25)22-11-8-17(24)9-12-22/h5-7,13-14,17,24H,1,8-12H2,2-4H3. The molecule has 1 aliphatic heterocycles. The normalized spacial score (nSPS) is 16.0. The molecule has 3 rings (SSSR count). The molecule has 134 valence electrons. The molecule has 2 heterocycles. The number of carbonyl (C=O) groups is 1. The summed E-state index contributed by atoms with van der Waals surface area (Å²) in [6.45, 7) is 12.1. The number of benzene rings is 1. The maximum atomic E-state index is 13.2. The molecule has 1 amide bonds. The van der Waals surface area contributed by atoms with Crippen molar-refractivity contribution in [2.24, 2.45) is 0 Å². The first-order valence-electron chi connectivity index (χ1n) is 9.15. The molecule has 0 aliphatic carbocycles. The van der Waals surface area contributed by atoms with Crippen LogP contribution in [0.25, 0.3) is 10.9 Å². The number of piperidine rings is 1. The van der Waals surface area contributed by atoms with Crippen LogP contribution in [-0.2, 0) is 6.54 Å². The Hall–Kier alpha value is -2.07. The number of aliphatic hydroxyl groups is 1. The summed E-state index contributed by atoms with van der Waals surface area (Å²) in [5.74, 6) is 0.517. The Labute approximate surface area is 149 Å². The lowest BCUT2D eigenvalue weighted by molar-refractivity contribution is 0.0537. The molecular weight excluding hydrogens is 312 g/mol. The molecule has 1 fully saturated rings. The van der Waals surface area contributed by atoms with Crippen LogP contribution in [0, 0.1) is 6.92 Å². The molecule has 4 heteroatoms. The van der Waals surface area contributed by atoms with E-state index in [2.05, 4.69) is 43.2 Å². The van der Waals surface area contributed by atoms with E-state index in [1.54, 1.807) is 0 Å². The van der Waals surface area contributed by atoms with Gasteiger partial charge in [0.1, 0.15) is 5.69 Å². The number of allylic oxidation sites excluding steroid dienone is 1. The van der Waals surface area contributed by atoms with Gasteiger partial charge < -0.3 is 14.6 Å². The first-order chi connectivity index (χ1) is 11.9. The van der Waals surface area contributed by atoms with Gasteiger partial charge in [0.15, 0.2) is 0 Å². The van der Waals surface area contributed by atoms with Crippen molar-refractivity contribution in [1.82, 2.24) is 9.47 Å². The predicted molar refractivity (Wildman–Crippen MR) is 102 cm³/mol. The van der Waals surface area contributed by atoms with E-state index in [1.165, 1.54) is 5.56 Å². The smallest absolute Gasteiger partial charge is 0.270 e. The fourth-order valence-corrected chi connectivity index (χ4v) is 3.71. The van der Waals surface area contributed by atoms with Gasteiger partial charge in [0.25, 0.3) is 5.91 Å². The van der Waals surface area contributed by atoms with E-state index in [-0.39, 0.29) is 12.0 Å². The van der Waals surface area contributed by atoms with Crippen molar-refractivity contribution in [2.75, 3.05) is 13.1 Å². The van der Waals surface area contributed by atoms with Gasteiger partial charge in [-0.05, 0) is 48.9 Å². The highest BCUT2D eigenvalue weighted by Crippen LogP contribution is 2.30. The number of rotatable bonds is 4. The maximum Gasteiger partial charge on any atom is 0.270 e. The average molecular weight is 340 g/mol. The molecule has 1 aromatic heterocycles. The van der Waals surface area contributed by atoms with E-state index in [1.807, 2.05) is 17.9 Å². The number of hydrogen-bond acceptors (Lipinski definition) is 2. The predicted octanol–water partition coefficient (Wildman–Crippen LogP) is 3.86. The fourth-order valence-electron chi connectivity index (χ4n) is 3.71. The minimum absolute atomic E-state index is 0.0635. The number of aryl methyl sites for hydroxylation is 1. The zero-order chi connectivity index (χ0) is 18.1. The van der Waals surface area contributed by atoms with Gasteiger partial charge in [0.05, 0.1) is 6.10 Å². The van der Waals surface area contributed by atoms with Gasteiger partial charge in [-0.3, -0.25) is 4.79 Å². The minimum Gasteiger partial charge on any atom is -0.393 e. The van der Waals surface area contributed by atoms with Crippen molar-refractivity contribution in [3.05, 3.63) is 47.7 Å². The third-order valence-electron chi connectivity index (χ3n) is 5.27. The third kappa shape index (κ3) is 3.23. The van der Waals surface area contributed by atoms with Gasteiger partial charge in [-0.2, -0.15) is 0 Å². The van der Waals surface area contributed by atoms with Gasteiger partial charge in [-0.25, -0.2) is 0 Å². The van der Waals surface area contributed by atoms with E-state index >= 15 is 0 Å². The van der Waals surface area contributed by atoms with E-state index in [0.29, 0.717) is 38.4 Å². The van der Waals surface area contributed by atoms with Crippen LogP contribution in [0.1, 0.15) is 54.2 Å². The summed E-state index contributed by atoms with van der Waals surface area (Å²) < 4.78 is 2.08. The zero-order valence-corrected chi connectivity index (χ0v) is 15.5. The van der Waals surface area contributed by atoms with E-state index in [4.69, 9.17) is 0 Å². The second kappa shape index (κ2) is 7.04. The number of aromatic nitrogens is 1. The molecule has 1 saturated heterocycles. The third-order valence-corrected chi connectivity index (χ3v) is 5.27. The summed E-state index contributed by atoms with van der Waals surface area (Å²) >= 11 is 0. The molecule has 1 N–H and O–H groups in total. The van der Waals surface area contributed by atoms with Gasteiger partial charge >= 0.3 is 0 Å². The molecule has 0 spiro atoms. The molecule has 2 aromatic rings. The van der Waals surface area contributed by atoms with Crippen LogP contribution < -0.4 is 0 Å². The summed E-state index contributed by atoms with van der Waals surface area (Å²) in [6, 6.07) is 6.49. The number of hydrogen-bond donors (Lipinski definition) is 1. The Morgan fingerprint density at radius 3 is 2.64 bits per heavy atom. The monoisotopic (exact) mass is 340 g/mol.